The van der Waals surface area contributed by atoms with Gasteiger partial charge in [0, 0.05) is 5.71 Å². The molecule has 0 radical (unpaired) electrons. The van der Waals surface area contributed by atoms with E-state index in [2.05, 4.69) is 29.7 Å². The molecule has 11 heavy (non-hydrogen) atoms. The lowest BCUT2D eigenvalue weighted by Crippen LogP contribution is -2.25. The minimum Gasteiger partial charge on any atom is -0.375 e. The van der Waals surface area contributed by atoms with Crippen LogP contribution in [0.15, 0.2) is 5.10 Å². The summed E-state index contributed by atoms with van der Waals surface area (Å²) in [5, 5.41) is 4.35. The van der Waals surface area contributed by atoms with E-state index in [9.17, 15) is 0 Å². The van der Waals surface area contributed by atoms with Crippen LogP contribution in [-0.2, 0) is 0 Å². The summed E-state index contributed by atoms with van der Waals surface area (Å²) in [6.07, 6.45) is 3.53. The first kappa shape index (κ1) is 8.46. The lowest BCUT2D eigenvalue weighted by Gasteiger charge is -2.00. The van der Waals surface area contributed by atoms with E-state index in [0.717, 1.165) is 6.42 Å². The van der Waals surface area contributed by atoms with Gasteiger partial charge in [0.2, 0.25) is 0 Å². The number of rotatable bonds is 3. The molecule has 3 nitrogen and oxygen atoms in total. The predicted octanol–water partition coefficient (Wildman–Crippen LogP) is 0.996. The minimum atomic E-state index is 0.247. The topological polar surface area (TPSA) is 50.4 Å². The molecule has 0 spiro atoms. The Balaban J connectivity index is 2.38. The first-order valence-electron chi connectivity index (χ1n) is 3.86. The summed E-state index contributed by atoms with van der Waals surface area (Å²) in [6, 6.07) is 0. The van der Waals surface area contributed by atoms with Crippen molar-refractivity contribution in [3.05, 3.63) is 0 Å². The molecule has 0 aliphatic heterocycles. The highest BCUT2D eigenvalue weighted by molar-refractivity contribution is 7.80. The zero-order valence-electron chi connectivity index (χ0n) is 6.63. The monoisotopic (exact) mass is 171 g/mol. The van der Waals surface area contributed by atoms with Crippen molar-refractivity contribution in [3.63, 3.8) is 0 Å². The molecule has 0 heterocycles. The van der Waals surface area contributed by atoms with Crippen molar-refractivity contribution in [2.24, 2.45) is 16.8 Å². The molecule has 0 aromatic carbocycles. The van der Waals surface area contributed by atoms with E-state index in [1.807, 2.05) is 0 Å². The van der Waals surface area contributed by atoms with Crippen molar-refractivity contribution in [2.45, 2.75) is 26.2 Å². The second kappa shape index (κ2) is 3.67. The van der Waals surface area contributed by atoms with Crippen LogP contribution >= 0.6 is 12.2 Å². The Kier molecular flexibility index (Phi) is 2.82. The molecule has 0 bridgehead atoms. The first-order chi connectivity index (χ1) is 5.24. The number of hydrogen-bond acceptors (Lipinski definition) is 2. The Morgan fingerprint density at radius 2 is 2.36 bits per heavy atom. The van der Waals surface area contributed by atoms with Crippen molar-refractivity contribution in [1.82, 2.24) is 5.43 Å². The van der Waals surface area contributed by atoms with Crippen molar-refractivity contribution in [2.75, 3.05) is 0 Å². The van der Waals surface area contributed by atoms with Crippen molar-refractivity contribution >= 4 is 23.0 Å². The van der Waals surface area contributed by atoms with Crippen LogP contribution in [0.25, 0.3) is 0 Å². The fourth-order valence-electron chi connectivity index (χ4n) is 1.00. The Morgan fingerprint density at radius 1 is 1.73 bits per heavy atom. The number of hydrogen-bond donors (Lipinski definition) is 2. The third-order valence-corrected chi connectivity index (χ3v) is 1.81. The molecule has 1 aliphatic rings. The molecule has 1 aliphatic carbocycles. The largest absolute Gasteiger partial charge is 0.375 e. The van der Waals surface area contributed by atoms with Gasteiger partial charge >= 0.3 is 0 Å². The van der Waals surface area contributed by atoms with Crippen molar-refractivity contribution < 1.29 is 0 Å². The van der Waals surface area contributed by atoms with Gasteiger partial charge in [-0.25, -0.2) is 0 Å². The maximum atomic E-state index is 5.23. The molecule has 0 atom stereocenters. The highest BCUT2D eigenvalue weighted by Crippen LogP contribution is 2.31. The van der Waals surface area contributed by atoms with E-state index in [-0.39, 0.29) is 5.11 Å². The van der Waals surface area contributed by atoms with Crippen LogP contribution in [0.1, 0.15) is 26.2 Å². The Labute approximate surface area is 72.0 Å². The van der Waals surface area contributed by atoms with Crippen LogP contribution in [0, 0.1) is 5.92 Å². The van der Waals surface area contributed by atoms with Crippen molar-refractivity contribution in [1.29, 1.82) is 0 Å². The van der Waals surface area contributed by atoms with Gasteiger partial charge in [0.05, 0.1) is 0 Å². The smallest absolute Gasteiger partial charge is 0.184 e. The van der Waals surface area contributed by atoms with Gasteiger partial charge in [-0.1, -0.05) is 6.92 Å². The standard InChI is InChI=1S/C7H13N3S/c1-2-6(5-3-4-5)9-10-7(8)11/h5H,2-4H2,1H3,(H3,8,10,11). The molecule has 0 aromatic heterocycles. The van der Waals surface area contributed by atoms with E-state index >= 15 is 0 Å². The fraction of sp³-hybridized carbons (Fsp3) is 0.714. The first-order valence-corrected chi connectivity index (χ1v) is 4.26. The molecule has 3 N–H and O–H groups in total. The van der Waals surface area contributed by atoms with Gasteiger partial charge in [-0.2, -0.15) is 5.10 Å². The lowest BCUT2D eigenvalue weighted by atomic mass is 10.2. The molecular formula is C7H13N3S. The summed E-state index contributed by atoms with van der Waals surface area (Å²) >= 11 is 4.63. The zero-order valence-corrected chi connectivity index (χ0v) is 7.45. The van der Waals surface area contributed by atoms with Crippen LogP contribution in [0.2, 0.25) is 0 Å². The molecule has 1 saturated carbocycles. The van der Waals surface area contributed by atoms with Gasteiger partial charge in [0.15, 0.2) is 5.11 Å². The van der Waals surface area contributed by atoms with Crippen LogP contribution in [0.5, 0.6) is 0 Å². The predicted molar refractivity (Wildman–Crippen MR) is 50.4 cm³/mol. The highest BCUT2D eigenvalue weighted by Gasteiger charge is 2.26. The summed E-state index contributed by atoms with van der Waals surface area (Å²) < 4.78 is 0. The van der Waals surface area contributed by atoms with Crippen LogP contribution in [-0.4, -0.2) is 10.8 Å². The van der Waals surface area contributed by atoms with Gasteiger partial charge in [0.1, 0.15) is 0 Å². The Bertz CT molecular complexity index is 184. The normalized spacial score (nSPS) is 18.1. The van der Waals surface area contributed by atoms with Gasteiger partial charge in [-0.3, -0.25) is 5.43 Å². The number of nitrogens with one attached hydrogen (secondary N) is 1. The SMILES string of the molecule is CCC(=NNC(N)=S)C1CC1. The highest BCUT2D eigenvalue weighted by atomic mass is 32.1. The van der Waals surface area contributed by atoms with Gasteiger partial charge in [-0.05, 0) is 37.4 Å². The second-order valence-corrected chi connectivity index (χ2v) is 3.15. The average Bonchev–Trinajstić information content (AvgIpc) is 2.72. The third kappa shape index (κ3) is 2.84. The van der Waals surface area contributed by atoms with Gasteiger partial charge in [-0.15, -0.1) is 0 Å². The lowest BCUT2D eigenvalue weighted by molar-refractivity contribution is 0.966. The number of nitrogens with two attached hydrogens (primary N) is 1. The van der Waals surface area contributed by atoms with E-state index < -0.39 is 0 Å². The summed E-state index contributed by atoms with van der Waals surface area (Å²) in [5.74, 6) is 0.696. The maximum Gasteiger partial charge on any atom is 0.184 e. The summed E-state index contributed by atoms with van der Waals surface area (Å²) in [6.45, 7) is 2.10. The maximum absolute atomic E-state index is 5.23. The molecule has 0 unspecified atom stereocenters. The summed E-state index contributed by atoms with van der Waals surface area (Å²) in [4.78, 5) is 0. The molecular weight excluding hydrogens is 158 g/mol. The van der Waals surface area contributed by atoms with Crippen LogP contribution in [0.3, 0.4) is 0 Å². The van der Waals surface area contributed by atoms with E-state index in [0.29, 0.717) is 5.92 Å². The molecule has 0 aromatic rings. The Morgan fingerprint density at radius 3 is 2.73 bits per heavy atom. The average molecular weight is 171 g/mol. The van der Waals surface area contributed by atoms with Crippen LogP contribution in [0.4, 0.5) is 0 Å². The molecule has 1 rings (SSSR count). The Hall–Kier alpha value is -0.640. The molecule has 4 heteroatoms. The number of nitrogens with zero attached hydrogens (tertiary/aromatic N) is 1. The van der Waals surface area contributed by atoms with Gasteiger partial charge in [0.25, 0.3) is 0 Å². The number of hydrazone groups is 1. The fourth-order valence-corrected chi connectivity index (χ4v) is 1.05. The molecule has 0 saturated heterocycles. The third-order valence-electron chi connectivity index (χ3n) is 1.72. The summed E-state index contributed by atoms with van der Waals surface area (Å²) in [5.41, 5.74) is 9.04. The number of thiocarbonyl (C=S) groups is 1. The molecule has 1 fully saturated rings. The minimum absolute atomic E-state index is 0.247. The molecule has 0 amide bonds. The quantitative estimate of drug-likeness (QED) is 0.378. The second-order valence-electron chi connectivity index (χ2n) is 2.71. The molecule has 62 valence electrons. The summed E-state index contributed by atoms with van der Waals surface area (Å²) in [7, 11) is 0. The van der Waals surface area contributed by atoms with Crippen LogP contribution < -0.4 is 11.2 Å². The van der Waals surface area contributed by atoms with E-state index in [1.165, 1.54) is 18.6 Å². The van der Waals surface area contributed by atoms with Gasteiger partial charge < -0.3 is 5.73 Å². The van der Waals surface area contributed by atoms with Crippen molar-refractivity contribution in [3.8, 4) is 0 Å². The van der Waals surface area contributed by atoms with E-state index in [1.54, 1.807) is 0 Å². The van der Waals surface area contributed by atoms with E-state index in [4.69, 9.17) is 5.73 Å². The zero-order chi connectivity index (χ0) is 8.27.